The molecule has 0 radical (unpaired) electrons. The van der Waals surface area contributed by atoms with Crippen molar-refractivity contribution < 1.29 is 9.53 Å². The highest BCUT2D eigenvalue weighted by Crippen LogP contribution is 2.23. The second-order valence-corrected chi connectivity index (χ2v) is 5.80. The molecule has 1 saturated carbocycles. The van der Waals surface area contributed by atoms with Crippen LogP contribution in [0.15, 0.2) is 30.3 Å². The molecule has 0 aliphatic heterocycles. The van der Waals surface area contributed by atoms with E-state index >= 15 is 0 Å². The zero-order valence-corrected chi connectivity index (χ0v) is 13.0. The second-order valence-electron chi connectivity index (χ2n) is 5.80. The molecule has 3 nitrogen and oxygen atoms in total. The minimum atomic E-state index is 0.00318. The summed E-state index contributed by atoms with van der Waals surface area (Å²) in [5.41, 5.74) is 1.01. The molecule has 1 aromatic carbocycles. The third-order valence-electron chi connectivity index (χ3n) is 3.98. The van der Waals surface area contributed by atoms with Gasteiger partial charge < -0.3 is 10.1 Å². The van der Waals surface area contributed by atoms with Gasteiger partial charge in [-0.2, -0.15) is 0 Å². The van der Waals surface area contributed by atoms with Crippen LogP contribution in [-0.2, 0) is 4.79 Å². The van der Waals surface area contributed by atoms with Crippen molar-refractivity contribution in [2.75, 3.05) is 6.61 Å². The minimum absolute atomic E-state index is 0.00318. The van der Waals surface area contributed by atoms with E-state index in [2.05, 4.69) is 12.2 Å². The number of rotatable bonds is 5. The molecular weight excluding hydrogens is 262 g/mol. The zero-order chi connectivity index (χ0) is 15.1. The summed E-state index contributed by atoms with van der Waals surface area (Å²) in [7, 11) is 0. The van der Waals surface area contributed by atoms with Gasteiger partial charge in [-0.05, 0) is 62.3 Å². The topological polar surface area (TPSA) is 38.3 Å². The molecule has 0 saturated heterocycles. The van der Waals surface area contributed by atoms with Gasteiger partial charge in [-0.25, -0.2) is 0 Å². The van der Waals surface area contributed by atoms with Crippen molar-refractivity contribution in [1.29, 1.82) is 0 Å². The van der Waals surface area contributed by atoms with Crippen molar-refractivity contribution in [3.8, 4) is 5.75 Å². The normalized spacial score (nSPS) is 22.2. The molecule has 3 heteroatoms. The molecule has 1 aliphatic rings. The van der Waals surface area contributed by atoms with Gasteiger partial charge in [0.15, 0.2) is 0 Å². The fourth-order valence-corrected chi connectivity index (χ4v) is 2.67. The quantitative estimate of drug-likeness (QED) is 0.837. The van der Waals surface area contributed by atoms with Crippen LogP contribution in [-0.4, -0.2) is 18.6 Å². The molecule has 0 spiro atoms. The van der Waals surface area contributed by atoms with Crippen LogP contribution in [0.1, 0.15) is 45.1 Å². The molecule has 1 aliphatic carbocycles. The Labute approximate surface area is 127 Å². The molecule has 1 amide bonds. The van der Waals surface area contributed by atoms with E-state index in [9.17, 15) is 4.79 Å². The lowest BCUT2D eigenvalue weighted by Gasteiger charge is -2.26. The Morgan fingerprint density at radius 2 is 1.90 bits per heavy atom. The number of ether oxygens (including phenoxy) is 1. The van der Waals surface area contributed by atoms with Gasteiger partial charge in [0, 0.05) is 12.1 Å². The number of nitrogens with one attached hydrogen (secondary N) is 1. The summed E-state index contributed by atoms with van der Waals surface area (Å²) in [6.07, 6.45) is 8.10. The Balaban J connectivity index is 1.81. The molecule has 0 bridgehead atoms. The van der Waals surface area contributed by atoms with E-state index in [0.717, 1.165) is 30.1 Å². The van der Waals surface area contributed by atoms with Crippen LogP contribution in [0, 0.1) is 5.92 Å². The molecule has 0 atom stereocenters. The predicted molar refractivity (Wildman–Crippen MR) is 86.2 cm³/mol. The van der Waals surface area contributed by atoms with Crippen molar-refractivity contribution in [3.63, 3.8) is 0 Å². The van der Waals surface area contributed by atoms with Crippen molar-refractivity contribution >= 4 is 12.0 Å². The first-order chi connectivity index (χ1) is 10.2. The summed E-state index contributed by atoms with van der Waals surface area (Å²) in [4.78, 5) is 11.9. The first-order valence-electron chi connectivity index (χ1n) is 7.89. The van der Waals surface area contributed by atoms with Crippen LogP contribution >= 0.6 is 0 Å². The number of carbonyl (C=O) groups is 1. The summed E-state index contributed by atoms with van der Waals surface area (Å²) in [5.74, 6) is 1.66. The van der Waals surface area contributed by atoms with Crippen LogP contribution in [0.4, 0.5) is 0 Å². The monoisotopic (exact) mass is 287 g/mol. The lowest BCUT2D eigenvalue weighted by molar-refractivity contribution is -0.117. The molecule has 2 rings (SSSR count). The molecule has 0 aromatic heterocycles. The van der Waals surface area contributed by atoms with Crippen LogP contribution in [0.25, 0.3) is 6.08 Å². The van der Waals surface area contributed by atoms with Gasteiger partial charge in [-0.15, -0.1) is 0 Å². The Kier molecular flexibility index (Phi) is 5.85. The molecular formula is C18H25NO2. The van der Waals surface area contributed by atoms with Gasteiger partial charge in [0.2, 0.25) is 5.91 Å². The van der Waals surface area contributed by atoms with Crippen molar-refractivity contribution in [2.45, 2.75) is 45.6 Å². The van der Waals surface area contributed by atoms with Crippen molar-refractivity contribution in [3.05, 3.63) is 35.9 Å². The Bertz CT molecular complexity index is 470. The van der Waals surface area contributed by atoms with Gasteiger partial charge in [0.25, 0.3) is 0 Å². The van der Waals surface area contributed by atoms with Gasteiger partial charge in [-0.3, -0.25) is 4.79 Å². The number of amides is 1. The van der Waals surface area contributed by atoms with E-state index in [1.807, 2.05) is 37.3 Å². The van der Waals surface area contributed by atoms with E-state index in [1.54, 1.807) is 6.08 Å². The van der Waals surface area contributed by atoms with Gasteiger partial charge in [0.05, 0.1) is 6.61 Å². The molecule has 0 heterocycles. The number of carbonyl (C=O) groups excluding carboxylic acids is 1. The second kappa shape index (κ2) is 7.87. The van der Waals surface area contributed by atoms with Crippen LogP contribution in [0.2, 0.25) is 0 Å². The summed E-state index contributed by atoms with van der Waals surface area (Å²) >= 11 is 0. The molecule has 0 unspecified atom stereocenters. The Morgan fingerprint density at radius 1 is 1.24 bits per heavy atom. The Hall–Kier alpha value is -1.77. The van der Waals surface area contributed by atoms with Crippen LogP contribution < -0.4 is 10.1 Å². The fraction of sp³-hybridized carbons (Fsp3) is 0.500. The highest BCUT2D eigenvalue weighted by molar-refractivity contribution is 5.91. The summed E-state index contributed by atoms with van der Waals surface area (Å²) in [5, 5.41) is 3.09. The minimum Gasteiger partial charge on any atom is -0.494 e. The third-order valence-corrected chi connectivity index (χ3v) is 3.98. The van der Waals surface area contributed by atoms with Crippen LogP contribution in [0.3, 0.4) is 0 Å². The number of hydrogen-bond donors (Lipinski definition) is 1. The van der Waals surface area contributed by atoms with E-state index in [4.69, 9.17) is 4.74 Å². The summed E-state index contributed by atoms with van der Waals surface area (Å²) < 4.78 is 5.39. The Morgan fingerprint density at radius 3 is 2.52 bits per heavy atom. The molecule has 1 fully saturated rings. The largest absolute Gasteiger partial charge is 0.494 e. The van der Waals surface area contributed by atoms with E-state index < -0.39 is 0 Å². The summed E-state index contributed by atoms with van der Waals surface area (Å²) in [6.45, 7) is 4.91. The fourth-order valence-electron chi connectivity index (χ4n) is 2.67. The third kappa shape index (κ3) is 5.25. The standard InChI is InChI=1S/C18H25NO2/c1-3-21-17-11-6-15(7-12-17)8-13-18(20)19-16-9-4-14(2)5-10-16/h6-8,11-14,16H,3-5,9-10H2,1-2H3,(H,19,20)/b13-8+. The van der Waals surface area contributed by atoms with E-state index in [1.165, 1.54) is 12.8 Å². The maximum Gasteiger partial charge on any atom is 0.244 e. The molecule has 21 heavy (non-hydrogen) atoms. The highest BCUT2D eigenvalue weighted by atomic mass is 16.5. The predicted octanol–water partition coefficient (Wildman–Crippen LogP) is 3.79. The van der Waals surface area contributed by atoms with Gasteiger partial charge in [-0.1, -0.05) is 19.1 Å². The lowest BCUT2D eigenvalue weighted by Crippen LogP contribution is -2.36. The lowest BCUT2D eigenvalue weighted by atomic mass is 9.87. The maximum absolute atomic E-state index is 11.9. The van der Waals surface area contributed by atoms with Crippen molar-refractivity contribution in [2.24, 2.45) is 5.92 Å². The number of hydrogen-bond acceptors (Lipinski definition) is 2. The zero-order valence-electron chi connectivity index (χ0n) is 13.0. The van der Waals surface area contributed by atoms with E-state index in [0.29, 0.717) is 12.6 Å². The van der Waals surface area contributed by atoms with Gasteiger partial charge in [0.1, 0.15) is 5.75 Å². The van der Waals surface area contributed by atoms with Crippen LogP contribution in [0.5, 0.6) is 5.75 Å². The SMILES string of the molecule is CCOc1ccc(/C=C/C(=O)NC2CCC(C)CC2)cc1. The first-order valence-corrected chi connectivity index (χ1v) is 7.89. The maximum atomic E-state index is 11.9. The van der Waals surface area contributed by atoms with E-state index in [-0.39, 0.29) is 5.91 Å². The van der Waals surface area contributed by atoms with Crippen molar-refractivity contribution in [1.82, 2.24) is 5.32 Å². The average molecular weight is 287 g/mol. The van der Waals surface area contributed by atoms with Gasteiger partial charge >= 0.3 is 0 Å². The smallest absolute Gasteiger partial charge is 0.244 e. The highest BCUT2D eigenvalue weighted by Gasteiger charge is 2.18. The number of benzene rings is 1. The molecule has 1 N–H and O–H groups in total. The molecule has 114 valence electrons. The summed E-state index contributed by atoms with van der Waals surface area (Å²) in [6, 6.07) is 8.10. The first kappa shape index (κ1) is 15.6. The molecule has 1 aromatic rings. The average Bonchev–Trinajstić information content (AvgIpc) is 2.49.